The number of pyridine rings is 1. The maximum Gasteiger partial charge on any atom is 0.253 e. The molecule has 1 aliphatic carbocycles. The second-order valence-electron chi connectivity index (χ2n) is 8.43. The zero-order chi connectivity index (χ0) is 26.6. The second kappa shape index (κ2) is 11.9. The van der Waals surface area contributed by atoms with E-state index in [1.54, 1.807) is 36.7 Å². The van der Waals surface area contributed by atoms with E-state index >= 15 is 0 Å². The lowest BCUT2D eigenvalue weighted by Gasteiger charge is -2.25. The summed E-state index contributed by atoms with van der Waals surface area (Å²) in [7, 11) is -2.82. The van der Waals surface area contributed by atoms with E-state index in [0.717, 1.165) is 20.7 Å². The highest BCUT2D eigenvalue weighted by Crippen LogP contribution is 2.40. The Hall–Kier alpha value is -2.45. The molecule has 0 bridgehead atoms. The number of methoxy groups -OCH3 is 1. The third-order valence-corrected chi connectivity index (χ3v) is 8.60. The van der Waals surface area contributed by atoms with Gasteiger partial charge in [-0.1, -0.05) is 11.6 Å². The number of aliphatic hydroxyl groups is 1. The lowest BCUT2D eigenvalue weighted by Crippen LogP contribution is -2.33. The van der Waals surface area contributed by atoms with Crippen LogP contribution in [-0.2, 0) is 16.6 Å². The van der Waals surface area contributed by atoms with E-state index < -0.39 is 10.0 Å². The highest BCUT2D eigenvalue weighted by Gasteiger charge is 2.32. The van der Waals surface area contributed by atoms with Crippen molar-refractivity contribution < 1.29 is 23.1 Å². The van der Waals surface area contributed by atoms with Gasteiger partial charge in [-0.2, -0.15) is 4.31 Å². The number of rotatable bonds is 11. The number of anilines is 2. The van der Waals surface area contributed by atoms with E-state index in [0.29, 0.717) is 16.3 Å². The zero-order valence-electron chi connectivity index (χ0n) is 19.9. The predicted molar refractivity (Wildman–Crippen MR) is 150 cm³/mol. The van der Waals surface area contributed by atoms with Gasteiger partial charge in [-0.3, -0.25) is 9.78 Å². The molecule has 1 heterocycles. The third kappa shape index (κ3) is 6.52. The Labute approximate surface area is 234 Å². The fourth-order valence-electron chi connectivity index (χ4n) is 3.73. The van der Waals surface area contributed by atoms with Gasteiger partial charge in [-0.05, 0) is 83.5 Å². The summed E-state index contributed by atoms with van der Waals surface area (Å²) in [6, 6.07) is 11.6. The largest absolute Gasteiger partial charge is 0.493 e. The standard InChI is InChI=1S/C25H26ClIN4O5S/c1-36-24-22(37(34,35)31(12-13-32)15-16-8-10-28-11-9-16)7-5-19(25(33)29-18-3-4-18)23(24)30-21-6-2-17(27)14-20(21)26/h2,5-11,14,18,30,32H,3-4,12-13,15H2,1H3,(H,29,33). The summed E-state index contributed by atoms with van der Waals surface area (Å²) in [6.07, 6.45) is 4.93. The Kier molecular flexibility index (Phi) is 8.90. The van der Waals surface area contributed by atoms with Gasteiger partial charge in [-0.25, -0.2) is 8.42 Å². The van der Waals surface area contributed by atoms with Crippen LogP contribution in [-0.4, -0.2) is 55.0 Å². The minimum atomic E-state index is -4.17. The molecule has 1 fully saturated rings. The summed E-state index contributed by atoms with van der Waals surface area (Å²) in [4.78, 5) is 16.9. The molecule has 0 radical (unpaired) electrons. The normalized spacial score (nSPS) is 13.4. The monoisotopic (exact) mass is 656 g/mol. The number of halogens is 2. The average molecular weight is 657 g/mol. The van der Waals surface area contributed by atoms with Gasteiger partial charge in [0.25, 0.3) is 5.91 Å². The zero-order valence-corrected chi connectivity index (χ0v) is 23.7. The van der Waals surface area contributed by atoms with Gasteiger partial charge in [0.2, 0.25) is 10.0 Å². The maximum absolute atomic E-state index is 13.9. The first kappa shape index (κ1) is 27.6. The number of aliphatic hydroxyl groups excluding tert-OH is 1. The Morgan fingerprint density at radius 1 is 1.22 bits per heavy atom. The number of benzene rings is 2. The van der Waals surface area contributed by atoms with E-state index in [4.69, 9.17) is 16.3 Å². The quantitative estimate of drug-likeness (QED) is 0.265. The summed E-state index contributed by atoms with van der Waals surface area (Å²) in [6.45, 7) is -0.495. The van der Waals surface area contributed by atoms with Gasteiger partial charge >= 0.3 is 0 Å². The van der Waals surface area contributed by atoms with Crippen LogP contribution in [0.5, 0.6) is 5.75 Å². The molecule has 9 nitrogen and oxygen atoms in total. The molecule has 4 rings (SSSR count). The van der Waals surface area contributed by atoms with E-state index in [-0.39, 0.29) is 53.5 Å². The average Bonchev–Trinajstić information content (AvgIpc) is 3.69. The van der Waals surface area contributed by atoms with Crippen molar-refractivity contribution in [1.82, 2.24) is 14.6 Å². The first-order valence-electron chi connectivity index (χ1n) is 11.5. The highest BCUT2D eigenvalue weighted by atomic mass is 127. The first-order chi connectivity index (χ1) is 17.7. The fourth-order valence-corrected chi connectivity index (χ4v) is 6.21. The third-order valence-electron chi connectivity index (χ3n) is 5.75. The lowest BCUT2D eigenvalue weighted by atomic mass is 10.1. The lowest BCUT2D eigenvalue weighted by molar-refractivity contribution is 0.0951. The van der Waals surface area contributed by atoms with Crippen LogP contribution in [0.4, 0.5) is 11.4 Å². The Balaban J connectivity index is 1.82. The molecule has 0 aliphatic heterocycles. The van der Waals surface area contributed by atoms with Crippen LogP contribution in [0.2, 0.25) is 5.02 Å². The predicted octanol–water partition coefficient (Wildman–Crippen LogP) is 4.17. The Morgan fingerprint density at radius 2 is 1.95 bits per heavy atom. The van der Waals surface area contributed by atoms with Crippen molar-refractivity contribution in [1.29, 1.82) is 0 Å². The Bertz CT molecular complexity index is 1390. The van der Waals surface area contributed by atoms with Crippen LogP contribution in [0.15, 0.2) is 59.8 Å². The number of ether oxygens (including phenoxy) is 1. The number of hydrogen-bond donors (Lipinski definition) is 3. The number of carbonyl (C=O) groups is 1. The smallest absolute Gasteiger partial charge is 0.253 e. The summed E-state index contributed by atoms with van der Waals surface area (Å²) in [5.74, 6) is -0.381. The molecular formula is C25H26ClIN4O5S. The van der Waals surface area contributed by atoms with E-state index in [1.165, 1.54) is 19.2 Å². The van der Waals surface area contributed by atoms with E-state index in [1.807, 2.05) is 6.07 Å². The molecule has 12 heteroatoms. The van der Waals surface area contributed by atoms with Crippen LogP contribution in [0.25, 0.3) is 0 Å². The van der Waals surface area contributed by atoms with Crippen LogP contribution in [0.3, 0.4) is 0 Å². The van der Waals surface area contributed by atoms with Crippen molar-refractivity contribution in [3.05, 3.63) is 74.6 Å². The summed E-state index contributed by atoms with van der Waals surface area (Å²) in [5, 5.41) is 16.1. The van der Waals surface area contributed by atoms with Gasteiger partial charge < -0.3 is 20.5 Å². The molecule has 2 aromatic carbocycles. The Morgan fingerprint density at radius 3 is 2.57 bits per heavy atom. The molecule has 1 aliphatic rings. The van der Waals surface area contributed by atoms with Crippen LogP contribution in [0.1, 0.15) is 28.8 Å². The van der Waals surface area contributed by atoms with E-state index in [2.05, 4.69) is 38.2 Å². The van der Waals surface area contributed by atoms with Crippen LogP contribution >= 0.6 is 34.2 Å². The van der Waals surface area contributed by atoms with Crippen molar-refractivity contribution in [2.75, 3.05) is 25.6 Å². The van der Waals surface area contributed by atoms with Crippen molar-refractivity contribution in [2.24, 2.45) is 0 Å². The minimum absolute atomic E-state index is 0.0181. The van der Waals surface area contributed by atoms with Gasteiger partial charge in [0.1, 0.15) is 4.90 Å². The highest BCUT2D eigenvalue weighted by molar-refractivity contribution is 14.1. The molecule has 196 valence electrons. The second-order valence-corrected chi connectivity index (χ2v) is 12.0. The SMILES string of the molecule is COc1c(S(=O)(=O)N(CCO)Cc2ccncc2)ccc(C(=O)NC2CC2)c1Nc1ccc(I)cc1Cl. The van der Waals surface area contributed by atoms with Gasteiger partial charge in [0.15, 0.2) is 5.75 Å². The summed E-state index contributed by atoms with van der Waals surface area (Å²) in [5.41, 5.74) is 1.59. The van der Waals surface area contributed by atoms with Gasteiger partial charge in [-0.15, -0.1) is 0 Å². The van der Waals surface area contributed by atoms with Crippen LogP contribution < -0.4 is 15.4 Å². The number of sulfonamides is 1. The molecule has 1 amide bonds. The molecule has 0 saturated heterocycles. The number of amides is 1. The molecule has 1 saturated carbocycles. The number of nitrogens with zero attached hydrogens (tertiary/aromatic N) is 2. The number of hydrogen-bond acceptors (Lipinski definition) is 7. The fraction of sp³-hybridized carbons (Fsp3) is 0.280. The van der Waals surface area contributed by atoms with Gasteiger partial charge in [0, 0.05) is 35.1 Å². The van der Waals surface area contributed by atoms with Crippen molar-refractivity contribution in [2.45, 2.75) is 30.3 Å². The molecule has 0 atom stereocenters. The molecule has 1 aromatic heterocycles. The van der Waals surface area contributed by atoms with Gasteiger partial charge in [0.05, 0.1) is 35.7 Å². The molecule has 3 aromatic rings. The molecule has 3 N–H and O–H groups in total. The van der Waals surface area contributed by atoms with Crippen molar-refractivity contribution in [3.8, 4) is 5.75 Å². The maximum atomic E-state index is 13.9. The molecular weight excluding hydrogens is 631 g/mol. The van der Waals surface area contributed by atoms with Crippen molar-refractivity contribution in [3.63, 3.8) is 0 Å². The molecule has 0 spiro atoms. The summed E-state index contributed by atoms with van der Waals surface area (Å²) >= 11 is 8.58. The number of nitrogens with one attached hydrogen (secondary N) is 2. The van der Waals surface area contributed by atoms with E-state index in [9.17, 15) is 18.3 Å². The number of aromatic nitrogens is 1. The first-order valence-corrected chi connectivity index (χ1v) is 14.4. The van der Waals surface area contributed by atoms with Crippen molar-refractivity contribution >= 4 is 61.5 Å². The molecule has 37 heavy (non-hydrogen) atoms. The topological polar surface area (TPSA) is 121 Å². The van der Waals surface area contributed by atoms with Crippen LogP contribution in [0, 0.1) is 3.57 Å². The minimum Gasteiger partial charge on any atom is -0.493 e. The summed E-state index contributed by atoms with van der Waals surface area (Å²) < 4.78 is 35.4. The number of carbonyl (C=O) groups excluding carboxylic acids is 1. The molecule has 0 unspecified atom stereocenters.